The minimum absolute atomic E-state index is 0.133. The number of methoxy groups -OCH3 is 1. The molecule has 7 heteroatoms. The van der Waals surface area contributed by atoms with Crippen molar-refractivity contribution in [1.29, 1.82) is 0 Å². The van der Waals surface area contributed by atoms with Crippen LogP contribution in [0.3, 0.4) is 0 Å². The topological polar surface area (TPSA) is 70.4 Å². The fourth-order valence-electron chi connectivity index (χ4n) is 1.07. The van der Waals surface area contributed by atoms with Crippen LogP contribution in [0.4, 0.5) is 0 Å². The summed E-state index contributed by atoms with van der Waals surface area (Å²) in [6.45, 7) is 10.4. The standard InChI is InChI=1S/C12H22N2O5/c1-13-11-12(15)14-3-4-17-7-8-19-10-9-18-6-5-16-2/h3-11H2,2H3,(H,14,15). The summed E-state index contributed by atoms with van der Waals surface area (Å²) in [5.74, 6) is -0.275. The lowest BCUT2D eigenvalue weighted by molar-refractivity contribution is -0.119. The van der Waals surface area contributed by atoms with Crippen LogP contribution in [0.1, 0.15) is 0 Å². The van der Waals surface area contributed by atoms with E-state index in [1.165, 1.54) is 0 Å². The minimum atomic E-state index is -0.275. The molecule has 110 valence electrons. The molecular formula is C12H22N2O5. The molecule has 7 nitrogen and oxygen atoms in total. The first kappa shape index (κ1) is 17.8. The third-order valence-electron chi connectivity index (χ3n) is 1.97. The van der Waals surface area contributed by atoms with E-state index < -0.39 is 0 Å². The zero-order valence-corrected chi connectivity index (χ0v) is 11.4. The molecule has 0 heterocycles. The normalized spacial score (nSPS) is 10.1. The Morgan fingerprint density at radius 3 is 2.05 bits per heavy atom. The fourth-order valence-corrected chi connectivity index (χ4v) is 1.07. The van der Waals surface area contributed by atoms with Crippen molar-refractivity contribution >= 4 is 5.91 Å². The lowest BCUT2D eigenvalue weighted by Gasteiger charge is -2.06. The van der Waals surface area contributed by atoms with E-state index in [0.717, 1.165) is 0 Å². The van der Waals surface area contributed by atoms with E-state index in [2.05, 4.69) is 10.2 Å². The van der Waals surface area contributed by atoms with Crippen molar-refractivity contribution in [3.63, 3.8) is 0 Å². The van der Waals surface area contributed by atoms with Crippen LogP contribution in [0, 0.1) is 6.57 Å². The van der Waals surface area contributed by atoms with Gasteiger partial charge in [0.1, 0.15) is 0 Å². The van der Waals surface area contributed by atoms with Gasteiger partial charge in [-0.2, -0.15) is 0 Å². The Balaban J connectivity index is 3.03. The van der Waals surface area contributed by atoms with E-state index in [-0.39, 0.29) is 12.5 Å². The molecule has 0 saturated heterocycles. The average Bonchev–Trinajstić information content (AvgIpc) is 2.40. The number of carbonyl (C=O) groups is 1. The SMILES string of the molecule is [C-]#[N+]CC(=O)NCCOCCOCCOCCOC. The van der Waals surface area contributed by atoms with E-state index in [1.54, 1.807) is 7.11 Å². The second-order valence-electron chi connectivity index (χ2n) is 3.50. The van der Waals surface area contributed by atoms with Gasteiger partial charge in [-0.3, -0.25) is 4.79 Å². The van der Waals surface area contributed by atoms with Gasteiger partial charge in [-0.15, -0.1) is 0 Å². The Bertz CT molecular complexity index is 255. The average molecular weight is 274 g/mol. The van der Waals surface area contributed by atoms with Crippen LogP contribution in [0.5, 0.6) is 0 Å². The highest BCUT2D eigenvalue weighted by Crippen LogP contribution is 1.81. The summed E-state index contributed by atoms with van der Waals surface area (Å²) >= 11 is 0. The summed E-state index contributed by atoms with van der Waals surface area (Å²) in [7, 11) is 1.63. The van der Waals surface area contributed by atoms with E-state index in [1.807, 2.05) is 0 Å². The van der Waals surface area contributed by atoms with Crippen molar-refractivity contribution in [3.05, 3.63) is 11.4 Å². The number of rotatable bonds is 13. The molecule has 0 saturated carbocycles. The molecule has 0 aliphatic carbocycles. The van der Waals surface area contributed by atoms with Crippen molar-refractivity contribution in [2.45, 2.75) is 0 Å². The summed E-state index contributed by atoms with van der Waals surface area (Å²) in [6, 6.07) is 0. The van der Waals surface area contributed by atoms with Crippen LogP contribution >= 0.6 is 0 Å². The first-order valence-electron chi connectivity index (χ1n) is 6.13. The molecule has 0 radical (unpaired) electrons. The largest absolute Gasteiger partial charge is 0.382 e. The van der Waals surface area contributed by atoms with Crippen LogP contribution in [0.15, 0.2) is 0 Å². The Hall–Kier alpha value is -1.20. The number of ether oxygens (including phenoxy) is 4. The zero-order chi connectivity index (χ0) is 14.2. The highest BCUT2D eigenvalue weighted by atomic mass is 16.6. The van der Waals surface area contributed by atoms with Crippen LogP contribution in [0.25, 0.3) is 4.85 Å². The van der Waals surface area contributed by atoms with E-state index >= 15 is 0 Å². The van der Waals surface area contributed by atoms with E-state index in [4.69, 9.17) is 25.5 Å². The summed E-state index contributed by atoms with van der Waals surface area (Å²) in [6.07, 6.45) is 0. The van der Waals surface area contributed by atoms with Crippen molar-refractivity contribution in [3.8, 4) is 0 Å². The smallest absolute Gasteiger partial charge is 0.300 e. The second-order valence-corrected chi connectivity index (χ2v) is 3.50. The molecule has 19 heavy (non-hydrogen) atoms. The van der Waals surface area contributed by atoms with Gasteiger partial charge in [0.05, 0.1) is 46.2 Å². The fraction of sp³-hybridized carbons (Fsp3) is 0.833. The molecule has 0 unspecified atom stereocenters. The van der Waals surface area contributed by atoms with Gasteiger partial charge >= 0.3 is 0 Å². The summed E-state index contributed by atoms with van der Waals surface area (Å²) in [5.41, 5.74) is 0. The molecule has 0 spiro atoms. The van der Waals surface area contributed by atoms with Crippen LogP contribution in [0.2, 0.25) is 0 Å². The molecule has 1 N–H and O–H groups in total. The summed E-state index contributed by atoms with van der Waals surface area (Å²) in [5, 5.41) is 2.56. The van der Waals surface area contributed by atoms with Gasteiger partial charge in [-0.1, -0.05) is 0 Å². The number of amides is 1. The molecule has 0 atom stereocenters. The molecule has 0 aliphatic heterocycles. The van der Waals surface area contributed by atoms with Crippen LogP contribution in [-0.2, 0) is 23.7 Å². The van der Waals surface area contributed by atoms with Crippen LogP contribution in [-0.4, -0.2) is 72.4 Å². The molecule has 0 aromatic heterocycles. The maximum atomic E-state index is 10.9. The number of nitrogens with one attached hydrogen (secondary N) is 1. The molecule has 0 fully saturated rings. The first-order valence-corrected chi connectivity index (χ1v) is 6.13. The molecule has 0 rings (SSSR count). The molecule has 1 amide bonds. The number of hydrogen-bond donors (Lipinski definition) is 1. The first-order chi connectivity index (χ1) is 9.31. The predicted molar refractivity (Wildman–Crippen MR) is 68.8 cm³/mol. The second kappa shape index (κ2) is 14.9. The van der Waals surface area contributed by atoms with Crippen LogP contribution < -0.4 is 5.32 Å². The monoisotopic (exact) mass is 274 g/mol. The van der Waals surface area contributed by atoms with Gasteiger partial charge in [0.2, 0.25) is 0 Å². The molecule has 0 aromatic rings. The van der Waals surface area contributed by atoms with Crippen molar-refractivity contribution < 1.29 is 23.7 Å². The van der Waals surface area contributed by atoms with Gasteiger partial charge in [-0.25, -0.2) is 6.57 Å². The third kappa shape index (κ3) is 14.7. The molecule has 0 aromatic carbocycles. The minimum Gasteiger partial charge on any atom is -0.382 e. The Labute approximate surface area is 114 Å². The van der Waals surface area contributed by atoms with Gasteiger partial charge in [0, 0.05) is 13.7 Å². The highest BCUT2D eigenvalue weighted by Gasteiger charge is 2.01. The maximum absolute atomic E-state index is 10.9. The molecular weight excluding hydrogens is 252 g/mol. The van der Waals surface area contributed by atoms with Gasteiger partial charge < -0.3 is 29.1 Å². The number of hydrogen-bond acceptors (Lipinski definition) is 5. The summed E-state index contributed by atoms with van der Waals surface area (Å²) < 4.78 is 20.5. The molecule has 0 aliphatic rings. The van der Waals surface area contributed by atoms with Gasteiger partial charge in [0.15, 0.2) is 0 Å². The predicted octanol–water partition coefficient (Wildman–Crippen LogP) is -0.282. The summed E-state index contributed by atoms with van der Waals surface area (Å²) in [4.78, 5) is 13.9. The zero-order valence-electron chi connectivity index (χ0n) is 11.4. The van der Waals surface area contributed by atoms with Crippen molar-refractivity contribution in [2.24, 2.45) is 0 Å². The third-order valence-corrected chi connectivity index (χ3v) is 1.97. The number of nitrogens with zero attached hydrogens (tertiary/aromatic N) is 1. The van der Waals surface area contributed by atoms with Crippen molar-refractivity contribution in [2.75, 3.05) is 66.4 Å². The van der Waals surface area contributed by atoms with Gasteiger partial charge in [-0.05, 0) is 0 Å². The Morgan fingerprint density at radius 1 is 1.00 bits per heavy atom. The highest BCUT2D eigenvalue weighted by molar-refractivity contribution is 5.79. The molecule has 0 bridgehead atoms. The number of carbonyl (C=O) groups excluding carboxylic acids is 1. The maximum Gasteiger partial charge on any atom is 0.300 e. The quantitative estimate of drug-likeness (QED) is 0.369. The Kier molecular flexibility index (Phi) is 13.9. The van der Waals surface area contributed by atoms with Gasteiger partial charge in [0.25, 0.3) is 12.5 Å². The van der Waals surface area contributed by atoms with E-state index in [9.17, 15) is 4.79 Å². The van der Waals surface area contributed by atoms with E-state index in [0.29, 0.717) is 52.8 Å². The lowest BCUT2D eigenvalue weighted by atomic mass is 10.5. The van der Waals surface area contributed by atoms with Crippen molar-refractivity contribution in [1.82, 2.24) is 5.32 Å². The lowest BCUT2D eigenvalue weighted by Crippen LogP contribution is -2.29. The Morgan fingerprint density at radius 2 is 1.53 bits per heavy atom.